The smallest absolute Gasteiger partial charge is 0.326 e. The van der Waals surface area contributed by atoms with Gasteiger partial charge in [-0.1, -0.05) is 23.2 Å². The highest BCUT2D eigenvalue weighted by Gasteiger charge is 2.23. The lowest BCUT2D eigenvalue weighted by atomic mass is 10.2. The number of carbonyl (C=O) groups is 3. The van der Waals surface area contributed by atoms with Crippen molar-refractivity contribution in [1.82, 2.24) is 10.6 Å². The zero-order valence-corrected chi connectivity index (χ0v) is 11.7. The molecule has 0 bridgehead atoms. The van der Waals surface area contributed by atoms with Gasteiger partial charge >= 0.3 is 6.03 Å². The van der Waals surface area contributed by atoms with E-state index in [-0.39, 0.29) is 21.5 Å². The Kier molecular flexibility index (Phi) is 4.35. The van der Waals surface area contributed by atoms with E-state index in [1.54, 1.807) is 0 Å². The zero-order valence-electron chi connectivity index (χ0n) is 10.2. The van der Waals surface area contributed by atoms with E-state index in [0.717, 1.165) is 0 Å². The Morgan fingerprint density at radius 3 is 2.33 bits per heavy atom. The number of benzene rings is 1. The van der Waals surface area contributed by atoms with Gasteiger partial charge < -0.3 is 20.0 Å². The molecule has 1 aliphatic rings. The number of carboxylic acid groups (broad SMARTS) is 1. The van der Waals surface area contributed by atoms with Crippen molar-refractivity contribution in [3.63, 3.8) is 0 Å². The Balaban J connectivity index is 2.27. The van der Waals surface area contributed by atoms with Crippen LogP contribution in [-0.4, -0.2) is 24.5 Å². The number of hydrogen-bond acceptors (Lipinski definition) is 5. The molecule has 1 aromatic rings. The van der Waals surface area contributed by atoms with E-state index < -0.39 is 24.5 Å². The number of carboxylic acids is 1. The minimum atomic E-state index is -1.42. The molecule has 9 heteroatoms. The van der Waals surface area contributed by atoms with Crippen LogP contribution in [0.4, 0.5) is 4.79 Å². The molecule has 21 heavy (non-hydrogen) atoms. The van der Waals surface area contributed by atoms with Gasteiger partial charge in [-0.25, -0.2) is 4.79 Å². The summed E-state index contributed by atoms with van der Waals surface area (Å²) >= 11 is 11.9. The van der Waals surface area contributed by atoms with Gasteiger partial charge in [0, 0.05) is 0 Å². The number of imide groups is 1. The summed E-state index contributed by atoms with van der Waals surface area (Å²) in [5.41, 5.74) is 0.466. The van der Waals surface area contributed by atoms with Crippen LogP contribution in [-0.2, 0) is 9.59 Å². The number of aliphatic carboxylic acids is 1. The van der Waals surface area contributed by atoms with Crippen LogP contribution >= 0.6 is 23.2 Å². The summed E-state index contributed by atoms with van der Waals surface area (Å²) in [6, 6.07) is 2.18. The summed E-state index contributed by atoms with van der Waals surface area (Å²) in [5.74, 6) is -2.01. The van der Waals surface area contributed by atoms with Crippen molar-refractivity contribution in [1.29, 1.82) is 0 Å². The third-order valence-electron chi connectivity index (χ3n) is 2.39. The number of urea groups is 1. The van der Waals surface area contributed by atoms with Gasteiger partial charge in [0.15, 0.2) is 5.75 Å². The van der Waals surface area contributed by atoms with Crippen LogP contribution in [0.5, 0.6) is 5.75 Å². The molecule has 1 aliphatic heterocycles. The first-order valence-corrected chi connectivity index (χ1v) is 6.28. The molecular formula is C12H7Cl2N2O5-. The molecule has 0 spiro atoms. The van der Waals surface area contributed by atoms with Crippen LogP contribution in [0.25, 0.3) is 6.08 Å². The molecule has 110 valence electrons. The zero-order chi connectivity index (χ0) is 15.6. The maximum absolute atomic E-state index is 11.4. The molecule has 0 unspecified atom stereocenters. The molecular weight excluding hydrogens is 323 g/mol. The molecule has 0 radical (unpaired) electrons. The van der Waals surface area contributed by atoms with Gasteiger partial charge in [-0.3, -0.25) is 10.1 Å². The van der Waals surface area contributed by atoms with Crippen LogP contribution in [0.3, 0.4) is 0 Å². The maximum atomic E-state index is 11.4. The second-order valence-corrected chi connectivity index (χ2v) is 4.76. The van der Waals surface area contributed by atoms with Crippen molar-refractivity contribution in [2.24, 2.45) is 0 Å². The van der Waals surface area contributed by atoms with E-state index in [2.05, 4.69) is 5.32 Å². The van der Waals surface area contributed by atoms with E-state index >= 15 is 0 Å². The molecule has 0 aliphatic carbocycles. The lowest BCUT2D eigenvalue weighted by molar-refractivity contribution is -0.307. The van der Waals surface area contributed by atoms with Crippen molar-refractivity contribution < 1.29 is 24.2 Å². The molecule has 1 saturated heterocycles. The third-order valence-corrected chi connectivity index (χ3v) is 2.95. The average molecular weight is 330 g/mol. The fraction of sp³-hybridized carbons (Fsp3) is 0.0833. The van der Waals surface area contributed by atoms with Crippen LogP contribution in [0.15, 0.2) is 17.8 Å². The predicted octanol–water partition coefficient (Wildman–Crippen LogP) is 0.302. The Labute approximate surface area is 128 Å². The van der Waals surface area contributed by atoms with Crippen molar-refractivity contribution >= 4 is 47.2 Å². The highest BCUT2D eigenvalue weighted by molar-refractivity contribution is 6.37. The summed E-state index contributed by atoms with van der Waals surface area (Å²) in [4.78, 5) is 32.7. The largest absolute Gasteiger partial charge is 0.546 e. The quantitative estimate of drug-likeness (QED) is 0.610. The van der Waals surface area contributed by atoms with Gasteiger partial charge in [0.05, 0.1) is 16.0 Å². The van der Waals surface area contributed by atoms with Crippen molar-refractivity contribution in [2.45, 2.75) is 0 Å². The van der Waals surface area contributed by atoms with Gasteiger partial charge in [-0.2, -0.15) is 0 Å². The molecule has 1 fully saturated rings. The van der Waals surface area contributed by atoms with E-state index in [9.17, 15) is 19.5 Å². The molecule has 7 nitrogen and oxygen atoms in total. The van der Waals surface area contributed by atoms with Crippen LogP contribution in [0.1, 0.15) is 5.56 Å². The summed E-state index contributed by atoms with van der Waals surface area (Å²) in [5, 5.41) is 14.8. The van der Waals surface area contributed by atoms with E-state index in [4.69, 9.17) is 27.9 Å². The molecule has 1 heterocycles. The first-order chi connectivity index (χ1) is 9.86. The average Bonchev–Trinajstić information content (AvgIpc) is 2.66. The van der Waals surface area contributed by atoms with Gasteiger partial charge in [-0.05, 0) is 23.8 Å². The molecule has 2 rings (SSSR count). The lowest BCUT2D eigenvalue weighted by Gasteiger charge is -2.11. The highest BCUT2D eigenvalue weighted by atomic mass is 35.5. The minimum absolute atomic E-state index is 0.00964. The number of hydrogen-bond donors (Lipinski definition) is 2. The maximum Gasteiger partial charge on any atom is 0.326 e. The van der Waals surface area contributed by atoms with Crippen LogP contribution < -0.4 is 20.5 Å². The van der Waals surface area contributed by atoms with Gasteiger partial charge in [0.1, 0.15) is 12.3 Å². The van der Waals surface area contributed by atoms with Crippen molar-refractivity contribution in [2.75, 3.05) is 6.61 Å². The fourth-order valence-electron chi connectivity index (χ4n) is 1.58. The summed E-state index contributed by atoms with van der Waals surface area (Å²) < 4.78 is 4.90. The number of nitrogens with one attached hydrogen (secondary N) is 2. The molecule has 0 aromatic heterocycles. The van der Waals surface area contributed by atoms with E-state index in [1.807, 2.05) is 5.32 Å². The standard InChI is InChI=1S/C12H8Cl2N2O5/c13-6-1-5(3-8-11(19)16-12(20)15-8)2-7(14)10(6)21-4-9(17)18/h1-3H,4H2,(H,17,18)(H2,15,16,19,20)/p-1/b8-3+. The molecule has 3 amide bonds. The Morgan fingerprint density at radius 1 is 1.24 bits per heavy atom. The SMILES string of the molecule is O=C([O-])COc1c(Cl)cc(/C=C2/NC(=O)NC2=O)cc1Cl. The van der Waals surface area contributed by atoms with Crippen molar-refractivity contribution in [3.8, 4) is 5.75 Å². The van der Waals surface area contributed by atoms with Gasteiger partial charge in [-0.15, -0.1) is 0 Å². The highest BCUT2D eigenvalue weighted by Crippen LogP contribution is 2.34. The Morgan fingerprint density at radius 2 is 1.86 bits per heavy atom. The van der Waals surface area contributed by atoms with Gasteiger partial charge in [0.2, 0.25) is 0 Å². The molecule has 0 saturated carbocycles. The Hall–Kier alpha value is -2.25. The number of halogens is 2. The summed E-state index contributed by atoms with van der Waals surface area (Å²) in [6.07, 6.45) is 1.36. The van der Waals surface area contributed by atoms with Gasteiger partial charge in [0.25, 0.3) is 5.91 Å². The number of carbonyl (C=O) groups excluding carboxylic acids is 3. The summed E-state index contributed by atoms with van der Waals surface area (Å²) in [7, 11) is 0. The third kappa shape index (κ3) is 3.65. The topological polar surface area (TPSA) is 108 Å². The monoisotopic (exact) mass is 329 g/mol. The van der Waals surface area contributed by atoms with E-state index in [1.165, 1.54) is 18.2 Å². The minimum Gasteiger partial charge on any atom is -0.546 e. The first-order valence-electron chi connectivity index (χ1n) is 5.52. The summed E-state index contributed by atoms with van der Waals surface area (Å²) in [6.45, 7) is -0.696. The normalized spacial score (nSPS) is 15.8. The fourth-order valence-corrected chi connectivity index (χ4v) is 2.19. The Bertz CT molecular complexity index is 649. The number of ether oxygens (including phenoxy) is 1. The first kappa shape index (κ1) is 15.1. The van der Waals surface area contributed by atoms with Crippen LogP contribution in [0, 0.1) is 0 Å². The second kappa shape index (κ2) is 6.02. The number of amides is 3. The van der Waals surface area contributed by atoms with Crippen molar-refractivity contribution in [3.05, 3.63) is 33.4 Å². The lowest BCUT2D eigenvalue weighted by Crippen LogP contribution is -2.29. The van der Waals surface area contributed by atoms with Crippen LogP contribution in [0.2, 0.25) is 10.0 Å². The van der Waals surface area contributed by atoms with E-state index in [0.29, 0.717) is 5.56 Å². The molecule has 2 N–H and O–H groups in total. The number of rotatable bonds is 4. The molecule has 1 aromatic carbocycles. The second-order valence-electron chi connectivity index (χ2n) is 3.94. The predicted molar refractivity (Wildman–Crippen MR) is 71.6 cm³/mol. The molecule has 0 atom stereocenters.